The maximum atomic E-state index is 12.3. The van der Waals surface area contributed by atoms with E-state index >= 15 is 0 Å². The third kappa shape index (κ3) is 3.70. The Kier molecular flexibility index (Phi) is 4.25. The molecule has 1 amide bonds. The summed E-state index contributed by atoms with van der Waals surface area (Å²) in [6, 6.07) is 14.1. The summed E-state index contributed by atoms with van der Waals surface area (Å²) in [7, 11) is -1.17. The standard InChI is InChI=1S/C18H22N2O3S/c1-18(9-10-24(22,23)13-18)19-17(21)12-20(2)16-8-7-14-5-3-4-6-15(14)11-16/h3-8,11H,9-10,12-13H2,1-2H3,(H,19,21)/t18-/m1/s1. The number of benzene rings is 2. The van der Waals surface area contributed by atoms with Crippen molar-refractivity contribution >= 4 is 32.2 Å². The summed E-state index contributed by atoms with van der Waals surface area (Å²) in [5.74, 6) is 0.000626. The minimum Gasteiger partial charge on any atom is -0.365 e. The quantitative estimate of drug-likeness (QED) is 0.919. The SMILES string of the molecule is CN(CC(=O)N[C@]1(C)CCS(=O)(=O)C1)c1ccc2ccccc2c1. The fraction of sp³-hybridized carbons (Fsp3) is 0.389. The van der Waals surface area contributed by atoms with Gasteiger partial charge in [-0.25, -0.2) is 8.42 Å². The molecule has 2 aromatic carbocycles. The molecule has 5 nitrogen and oxygen atoms in total. The van der Waals surface area contributed by atoms with Crippen molar-refractivity contribution in [3.8, 4) is 0 Å². The molecule has 0 spiro atoms. The van der Waals surface area contributed by atoms with Gasteiger partial charge in [0.15, 0.2) is 9.84 Å². The maximum Gasteiger partial charge on any atom is 0.239 e. The number of sulfone groups is 1. The second-order valence-electron chi connectivity index (χ2n) is 6.84. The monoisotopic (exact) mass is 346 g/mol. The number of nitrogens with zero attached hydrogens (tertiary/aromatic N) is 1. The van der Waals surface area contributed by atoms with Crippen LogP contribution in [-0.2, 0) is 14.6 Å². The zero-order valence-electron chi connectivity index (χ0n) is 14.0. The third-order valence-corrected chi connectivity index (χ3v) is 6.40. The molecule has 24 heavy (non-hydrogen) atoms. The molecule has 0 aromatic heterocycles. The Hall–Kier alpha value is -2.08. The summed E-state index contributed by atoms with van der Waals surface area (Å²) in [4.78, 5) is 14.2. The highest BCUT2D eigenvalue weighted by Gasteiger charge is 2.39. The van der Waals surface area contributed by atoms with E-state index in [0.717, 1.165) is 16.5 Å². The van der Waals surface area contributed by atoms with Crippen LogP contribution < -0.4 is 10.2 Å². The van der Waals surface area contributed by atoms with Crippen LogP contribution in [0.25, 0.3) is 10.8 Å². The van der Waals surface area contributed by atoms with Crippen LogP contribution in [0.2, 0.25) is 0 Å². The minimum atomic E-state index is -3.03. The zero-order valence-corrected chi connectivity index (χ0v) is 14.8. The molecule has 1 aliphatic heterocycles. The van der Waals surface area contributed by atoms with Gasteiger partial charge in [-0.1, -0.05) is 30.3 Å². The summed E-state index contributed by atoms with van der Waals surface area (Å²) < 4.78 is 23.3. The van der Waals surface area contributed by atoms with Crippen molar-refractivity contribution in [3.63, 3.8) is 0 Å². The molecular formula is C18H22N2O3S. The van der Waals surface area contributed by atoms with E-state index in [4.69, 9.17) is 0 Å². The van der Waals surface area contributed by atoms with Crippen molar-refractivity contribution < 1.29 is 13.2 Å². The number of likely N-dealkylation sites (N-methyl/N-ethyl adjacent to an activating group) is 1. The predicted molar refractivity (Wildman–Crippen MR) is 97.0 cm³/mol. The number of amides is 1. The number of anilines is 1. The van der Waals surface area contributed by atoms with Crippen LogP contribution >= 0.6 is 0 Å². The van der Waals surface area contributed by atoms with Crippen molar-refractivity contribution in [2.24, 2.45) is 0 Å². The van der Waals surface area contributed by atoms with Crippen LogP contribution in [0, 0.1) is 0 Å². The molecule has 0 unspecified atom stereocenters. The molecule has 3 rings (SSSR count). The second-order valence-corrected chi connectivity index (χ2v) is 9.02. The van der Waals surface area contributed by atoms with Gasteiger partial charge in [0.25, 0.3) is 0 Å². The maximum absolute atomic E-state index is 12.3. The Labute approximate surface area is 142 Å². The normalized spacial score (nSPS) is 22.4. The number of hydrogen-bond acceptors (Lipinski definition) is 4. The van der Waals surface area contributed by atoms with Gasteiger partial charge in [-0.3, -0.25) is 4.79 Å². The molecule has 1 heterocycles. The summed E-state index contributed by atoms with van der Waals surface area (Å²) >= 11 is 0. The highest BCUT2D eigenvalue weighted by atomic mass is 32.2. The first-order valence-electron chi connectivity index (χ1n) is 7.98. The van der Waals surface area contributed by atoms with E-state index in [-0.39, 0.29) is 24.0 Å². The Morgan fingerprint density at radius 1 is 1.21 bits per heavy atom. The molecule has 0 saturated carbocycles. The number of fused-ring (bicyclic) bond motifs is 1. The van der Waals surface area contributed by atoms with Gasteiger partial charge in [-0.05, 0) is 36.2 Å². The lowest BCUT2D eigenvalue weighted by atomic mass is 10.0. The van der Waals surface area contributed by atoms with Gasteiger partial charge >= 0.3 is 0 Å². The fourth-order valence-electron chi connectivity index (χ4n) is 3.21. The molecule has 6 heteroatoms. The summed E-state index contributed by atoms with van der Waals surface area (Å²) in [5, 5.41) is 5.17. The molecule has 0 bridgehead atoms. The average molecular weight is 346 g/mol. The van der Waals surface area contributed by atoms with Crippen molar-refractivity contribution in [1.82, 2.24) is 5.32 Å². The first-order valence-corrected chi connectivity index (χ1v) is 9.80. The van der Waals surface area contributed by atoms with E-state index < -0.39 is 15.4 Å². The van der Waals surface area contributed by atoms with Crippen LogP contribution in [-0.4, -0.2) is 45.0 Å². The summed E-state index contributed by atoms with van der Waals surface area (Å²) in [5.41, 5.74) is 0.299. The number of nitrogens with one attached hydrogen (secondary N) is 1. The predicted octanol–water partition coefficient (Wildman–Crippen LogP) is 1.97. The molecule has 0 radical (unpaired) electrons. The summed E-state index contributed by atoms with van der Waals surface area (Å²) in [6.07, 6.45) is 0.473. The Morgan fingerprint density at radius 2 is 1.92 bits per heavy atom. The smallest absolute Gasteiger partial charge is 0.239 e. The number of carbonyl (C=O) groups excluding carboxylic acids is 1. The lowest BCUT2D eigenvalue weighted by molar-refractivity contribution is -0.121. The molecule has 0 aliphatic carbocycles. The van der Waals surface area contributed by atoms with Gasteiger partial charge in [-0.2, -0.15) is 0 Å². The van der Waals surface area contributed by atoms with E-state index in [0.29, 0.717) is 6.42 Å². The van der Waals surface area contributed by atoms with Gasteiger partial charge in [0.2, 0.25) is 5.91 Å². The van der Waals surface area contributed by atoms with Crippen LogP contribution in [0.1, 0.15) is 13.3 Å². The van der Waals surface area contributed by atoms with Gasteiger partial charge in [0.1, 0.15) is 0 Å². The largest absolute Gasteiger partial charge is 0.365 e. The van der Waals surface area contributed by atoms with E-state index in [2.05, 4.69) is 5.32 Å². The van der Waals surface area contributed by atoms with E-state index in [9.17, 15) is 13.2 Å². The Balaban J connectivity index is 1.67. The van der Waals surface area contributed by atoms with Gasteiger partial charge < -0.3 is 10.2 Å². The summed E-state index contributed by atoms with van der Waals surface area (Å²) in [6.45, 7) is 1.99. The van der Waals surface area contributed by atoms with E-state index in [1.165, 1.54) is 0 Å². The highest BCUT2D eigenvalue weighted by Crippen LogP contribution is 2.23. The molecule has 1 N–H and O–H groups in total. The van der Waals surface area contributed by atoms with Gasteiger partial charge in [0.05, 0.1) is 23.6 Å². The van der Waals surface area contributed by atoms with Crippen molar-refractivity contribution in [3.05, 3.63) is 42.5 Å². The van der Waals surface area contributed by atoms with Gasteiger partial charge in [-0.15, -0.1) is 0 Å². The molecule has 1 atom stereocenters. The van der Waals surface area contributed by atoms with E-state index in [1.54, 1.807) is 6.92 Å². The third-order valence-electron chi connectivity index (χ3n) is 4.50. The fourth-order valence-corrected chi connectivity index (χ4v) is 5.30. The van der Waals surface area contributed by atoms with Crippen molar-refractivity contribution in [2.45, 2.75) is 18.9 Å². The zero-order chi connectivity index (χ0) is 17.4. The second kappa shape index (κ2) is 6.09. The van der Waals surface area contributed by atoms with Crippen LogP contribution in [0.3, 0.4) is 0 Å². The van der Waals surface area contributed by atoms with Gasteiger partial charge in [0, 0.05) is 12.7 Å². The average Bonchev–Trinajstić information content (AvgIpc) is 2.79. The topological polar surface area (TPSA) is 66.5 Å². The van der Waals surface area contributed by atoms with Crippen LogP contribution in [0.5, 0.6) is 0 Å². The first-order chi connectivity index (χ1) is 11.3. The molecule has 2 aromatic rings. The molecule has 1 saturated heterocycles. The lowest BCUT2D eigenvalue weighted by Crippen LogP contribution is -2.50. The van der Waals surface area contributed by atoms with E-state index in [1.807, 2.05) is 54.4 Å². The lowest BCUT2D eigenvalue weighted by Gasteiger charge is -2.26. The molecule has 1 fully saturated rings. The minimum absolute atomic E-state index is 0.0193. The number of hydrogen-bond donors (Lipinski definition) is 1. The van der Waals surface area contributed by atoms with Crippen molar-refractivity contribution in [1.29, 1.82) is 0 Å². The first kappa shape index (κ1) is 16.8. The Morgan fingerprint density at radius 3 is 2.58 bits per heavy atom. The molecule has 128 valence electrons. The van der Waals surface area contributed by atoms with Crippen LogP contribution in [0.4, 0.5) is 5.69 Å². The Bertz CT molecular complexity index is 879. The van der Waals surface area contributed by atoms with Crippen LogP contribution in [0.15, 0.2) is 42.5 Å². The number of rotatable bonds is 4. The molecular weight excluding hydrogens is 324 g/mol. The molecule has 1 aliphatic rings. The number of carbonyl (C=O) groups is 1. The van der Waals surface area contributed by atoms with Crippen molar-refractivity contribution in [2.75, 3.05) is 30.0 Å². The highest BCUT2D eigenvalue weighted by molar-refractivity contribution is 7.91.